The van der Waals surface area contributed by atoms with Gasteiger partial charge in [0.15, 0.2) is 0 Å². The molecule has 0 saturated carbocycles. The summed E-state index contributed by atoms with van der Waals surface area (Å²) < 4.78 is 0. The summed E-state index contributed by atoms with van der Waals surface area (Å²) >= 11 is 0. The van der Waals surface area contributed by atoms with E-state index in [1.165, 1.54) is 0 Å². The quantitative estimate of drug-likeness (QED) is 0.430. The molecule has 0 bridgehead atoms. The van der Waals surface area contributed by atoms with Gasteiger partial charge < -0.3 is 9.69 Å². The van der Waals surface area contributed by atoms with Crippen LogP contribution < -0.4 is 0 Å². The van der Waals surface area contributed by atoms with Crippen LogP contribution >= 0.6 is 0 Å². The van der Waals surface area contributed by atoms with Crippen molar-refractivity contribution in [1.29, 1.82) is 0 Å². The molecule has 0 N–H and O–H groups in total. The Morgan fingerprint density at radius 1 is 0.765 bits per heavy atom. The summed E-state index contributed by atoms with van der Waals surface area (Å²) in [4.78, 5) is 7.33. The molecule has 0 aliphatic heterocycles. The predicted octanol–water partition coefficient (Wildman–Crippen LogP) is 4.04. The standard InChI is InChI=1S/C13H22N2.2Ir/c1-12(2,3)10(14-7)9-11(15-8)13(4,5)6;;/h10-11H,9H2,1-6H3;;. The van der Waals surface area contributed by atoms with Gasteiger partial charge >= 0.3 is 0 Å². The zero-order valence-corrected chi connectivity index (χ0v) is 16.2. The summed E-state index contributed by atoms with van der Waals surface area (Å²) in [5, 5.41) is 0. The second-order valence-corrected chi connectivity index (χ2v) is 6.26. The van der Waals surface area contributed by atoms with Crippen molar-refractivity contribution in [3.8, 4) is 0 Å². The van der Waals surface area contributed by atoms with Crippen molar-refractivity contribution in [2.45, 2.75) is 60.0 Å². The van der Waals surface area contributed by atoms with Gasteiger partial charge in [-0.25, -0.2) is 13.1 Å². The smallest absolute Gasteiger partial charge is 0.235 e. The monoisotopic (exact) mass is 592 g/mol. The van der Waals surface area contributed by atoms with E-state index in [1.54, 1.807) is 0 Å². The molecular weight excluding hydrogens is 569 g/mol. The van der Waals surface area contributed by atoms with Crippen LogP contribution in [0.1, 0.15) is 48.0 Å². The van der Waals surface area contributed by atoms with E-state index in [0.29, 0.717) is 6.42 Å². The van der Waals surface area contributed by atoms with E-state index in [1.807, 2.05) is 0 Å². The zero-order chi connectivity index (χ0) is 12.3. The number of hydrogen-bond donors (Lipinski definition) is 0. The van der Waals surface area contributed by atoms with Crippen molar-refractivity contribution in [3.63, 3.8) is 0 Å². The molecule has 0 aromatic heterocycles. The van der Waals surface area contributed by atoms with E-state index < -0.39 is 0 Å². The van der Waals surface area contributed by atoms with Crippen LogP contribution in [0.15, 0.2) is 0 Å². The Balaban J connectivity index is -0.000000980. The van der Waals surface area contributed by atoms with Crippen LogP contribution in [0.3, 0.4) is 0 Å². The third-order valence-electron chi connectivity index (χ3n) is 2.76. The molecule has 0 spiro atoms. The third-order valence-corrected chi connectivity index (χ3v) is 2.76. The molecule has 0 aliphatic rings. The van der Waals surface area contributed by atoms with Crippen LogP contribution in [-0.2, 0) is 40.2 Å². The summed E-state index contributed by atoms with van der Waals surface area (Å²) in [6, 6.07) is -0.119. The van der Waals surface area contributed by atoms with Gasteiger partial charge in [-0.2, -0.15) is 0 Å². The molecule has 0 rings (SSSR count). The fraction of sp³-hybridized carbons (Fsp3) is 0.846. The van der Waals surface area contributed by atoms with Gasteiger partial charge in [0.05, 0.1) is 6.42 Å². The number of nitrogens with zero attached hydrogens (tertiary/aromatic N) is 2. The molecule has 0 aliphatic carbocycles. The Bertz CT molecular complexity index is 257. The Kier molecular flexibility index (Phi) is 11.1. The maximum absolute atomic E-state index is 7.21. The van der Waals surface area contributed by atoms with Crippen LogP contribution in [0.5, 0.6) is 0 Å². The summed E-state index contributed by atoms with van der Waals surface area (Å²) in [6.45, 7) is 26.8. The summed E-state index contributed by atoms with van der Waals surface area (Å²) in [7, 11) is 0. The zero-order valence-electron chi connectivity index (χ0n) is 11.4. The van der Waals surface area contributed by atoms with Crippen LogP contribution in [0.4, 0.5) is 0 Å². The minimum Gasteiger partial charge on any atom is -0.313 e. The van der Waals surface area contributed by atoms with Gasteiger partial charge in [-0.15, -0.1) is 0 Å². The minimum atomic E-state index is -0.0594. The molecule has 2 nitrogen and oxygen atoms in total. The first kappa shape index (κ1) is 22.5. The number of hydrogen-bond acceptors (Lipinski definition) is 0. The Morgan fingerprint density at radius 2 is 1.00 bits per heavy atom. The molecule has 0 amide bonds. The molecule has 0 aromatic rings. The Labute approximate surface area is 133 Å². The van der Waals surface area contributed by atoms with E-state index >= 15 is 0 Å². The minimum absolute atomic E-state index is 0. The van der Waals surface area contributed by atoms with Crippen molar-refractivity contribution in [2.75, 3.05) is 0 Å². The van der Waals surface area contributed by atoms with Crippen molar-refractivity contribution in [1.82, 2.24) is 0 Å². The molecule has 102 valence electrons. The number of rotatable bonds is 2. The van der Waals surface area contributed by atoms with Crippen molar-refractivity contribution >= 4 is 0 Å². The van der Waals surface area contributed by atoms with Crippen molar-refractivity contribution in [3.05, 3.63) is 22.8 Å². The summed E-state index contributed by atoms with van der Waals surface area (Å²) in [6.07, 6.45) is 0.681. The molecule has 2 unspecified atom stereocenters. The van der Waals surface area contributed by atoms with E-state index in [-0.39, 0.29) is 63.1 Å². The molecular formula is C13H22Ir2N2. The van der Waals surface area contributed by atoms with E-state index in [2.05, 4.69) is 51.2 Å². The van der Waals surface area contributed by atoms with Gasteiger partial charge in [0.25, 0.3) is 0 Å². The summed E-state index contributed by atoms with van der Waals surface area (Å²) in [5.41, 5.74) is -0.0636. The molecule has 17 heavy (non-hydrogen) atoms. The second kappa shape index (κ2) is 8.39. The van der Waals surface area contributed by atoms with Gasteiger partial charge in [-0.05, 0) is 0 Å². The fourth-order valence-corrected chi connectivity index (χ4v) is 1.41. The van der Waals surface area contributed by atoms with E-state index in [0.717, 1.165) is 0 Å². The molecule has 0 saturated heterocycles. The van der Waals surface area contributed by atoms with Crippen LogP contribution in [-0.4, -0.2) is 12.1 Å². The molecule has 2 radical (unpaired) electrons. The maximum Gasteiger partial charge on any atom is 0.235 e. The van der Waals surface area contributed by atoms with E-state index in [9.17, 15) is 0 Å². The molecule has 0 aromatic carbocycles. The average Bonchev–Trinajstić information content (AvgIpc) is 2.01. The van der Waals surface area contributed by atoms with Gasteiger partial charge in [-0.3, -0.25) is 0 Å². The normalized spacial score (nSPS) is 14.4. The van der Waals surface area contributed by atoms with Crippen molar-refractivity contribution in [2.24, 2.45) is 10.8 Å². The first-order valence-electron chi connectivity index (χ1n) is 5.36. The fourth-order valence-electron chi connectivity index (χ4n) is 1.41. The molecule has 0 fully saturated rings. The van der Waals surface area contributed by atoms with Crippen LogP contribution in [0, 0.1) is 24.0 Å². The molecule has 2 atom stereocenters. The van der Waals surface area contributed by atoms with Crippen LogP contribution in [0.2, 0.25) is 0 Å². The third kappa shape index (κ3) is 8.07. The predicted molar refractivity (Wildman–Crippen MR) is 64.3 cm³/mol. The Morgan fingerprint density at radius 3 is 1.12 bits per heavy atom. The van der Waals surface area contributed by atoms with Gasteiger partial charge in [0, 0.05) is 51.0 Å². The summed E-state index contributed by atoms with van der Waals surface area (Å²) in [5.74, 6) is 0. The van der Waals surface area contributed by atoms with Crippen LogP contribution in [0.25, 0.3) is 9.69 Å². The van der Waals surface area contributed by atoms with Gasteiger partial charge in [0.2, 0.25) is 12.1 Å². The van der Waals surface area contributed by atoms with Gasteiger partial charge in [0.1, 0.15) is 0 Å². The maximum atomic E-state index is 7.21. The largest absolute Gasteiger partial charge is 0.313 e. The second-order valence-electron chi connectivity index (χ2n) is 6.26. The molecule has 0 heterocycles. The van der Waals surface area contributed by atoms with Crippen molar-refractivity contribution < 1.29 is 40.2 Å². The first-order valence-corrected chi connectivity index (χ1v) is 5.36. The topological polar surface area (TPSA) is 8.72 Å². The average molecular weight is 591 g/mol. The molecule has 4 heteroatoms. The van der Waals surface area contributed by atoms with E-state index in [4.69, 9.17) is 13.1 Å². The Hall–Kier alpha value is 0.279. The van der Waals surface area contributed by atoms with Gasteiger partial charge in [-0.1, -0.05) is 41.5 Å². The SMILES string of the molecule is [C-]#[N+]C(CC([N+]#[C-])C(C)(C)C)C(C)(C)C.[Ir].[Ir]. The first-order chi connectivity index (χ1) is 6.62.